The Balaban J connectivity index is 2.38. The van der Waals surface area contributed by atoms with Crippen molar-refractivity contribution in [3.63, 3.8) is 0 Å². The molecular weight excluding hydrogens is 272 g/mol. The zero-order valence-electron chi connectivity index (χ0n) is 13.1. The number of likely N-dealkylation sites (tertiary alicyclic amines) is 1. The molecule has 2 amide bonds. The predicted octanol–water partition coefficient (Wildman–Crippen LogP) is 1.25. The molecule has 0 atom stereocenters. The van der Waals surface area contributed by atoms with Crippen molar-refractivity contribution in [2.24, 2.45) is 11.3 Å². The van der Waals surface area contributed by atoms with Crippen LogP contribution in [0.3, 0.4) is 0 Å². The Hall–Kier alpha value is -1.59. The van der Waals surface area contributed by atoms with Gasteiger partial charge in [0.25, 0.3) is 0 Å². The highest BCUT2D eigenvalue weighted by molar-refractivity contribution is 5.78. The number of aliphatic carboxylic acids is 1. The van der Waals surface area contributed by atoms with E-state index in [1.807, 2.05) is 18.7 Å². The first-order valence-electron chi connectivity index (χ1n) is 7.43. The van der Waals surface area contributed by atoms with Crippen molar-refractivity contribution in [3.05, 3.63) is 0 Å². The maximum atomic E-state index is 12.2. The van der Waals surface area contributed by atoms with Crippen LogP contribution in [0.25, 0.3) is 0 Å². The van der Waals surface area contributed by atoms with Gasteiger partial charge >= 0.3 is 5.97 Å². The molecule has 21 heavy (non-hydrogen) atoms. The summed E-state index contributed by atoms with van der Waals surface area (Å²) in [5, 5.41) is 11.7. The van der Waals surface area contributed by atoms with Gasteiger partial charge in [-0.2, -0.15) is 0 Å². The SMILES string of the molecule is CC(=O)NCC1CCN(C(=O)CC(C)(C)CC(=O)O)CC1. The molecule has 0 bridgehead atoms. The summed E-state index contributed by atoms with van der Waals surface area (Å²) in [6.45, 7) is 7.16. The van der Waals surface area contributed by atoms with E-state index in [4.69, 9.17) is 5.11 Å². The minimum atomic E-state index is -0.873. The maximum Gasteiger partial charge on any atom is 0.303 e. The zero-order chi connectivity index (χ0) is 16.0. The quantitative estimate of drug-likeness (QED) is 0.772. The lowest BCUT2D eigenvalue weighted by Crippen LogP contribution is -2.42. The minimum Gasteiger partial charge on any atom is -0.481 e. The summed E-state index contributed by atoms with van der Waals surface area (Å²) in [7, 11) is 0. The first kappa shape index (κ1) is 17.5. The fourth-order valence-corrected chi connectivity index (χ4v) is 2.67. The summed E-state index contributed by atoms with van der Waals surface area (Å²) in [4.78, 5) is 35.7. The summed E-state index contributed by atoms with van der Waals surface area (Å²) in [5.74, 6) is -0.449. The van der Waals surface area contributed by atoms with Crippen LogP contribution in [0.2, 0.25) is 0 Å². The molecule has 2 N–H and O–H groups in total. The smallest absolute Gasteiger partial charge is 0.303 e. The number of rotatable bonds is 6. The average molecular weight is 298 g/mol. The number of nitrogens with one attached hydrogen (secondary N) is 1. The minimum absolute atomic E-state index is 0.00225. The Morgan fingerprint density at radius 1 is 1.19 bits per heavy atom. The van der Waals surface area contributed by atoms with Gasteiger partial charge in [0, 0.05) is 33.0 Å². The van der Waals surface area contributed by atoms with Crippen molar-refractivity contribution < 1.29 is 19.5 Å². The van der Waals surface area contributed by atoms with Crippen LogP contribution in [0.1, 0.15) is 46.5 Å². The van der Waals surface area contributed by atoms with E-state index in [1.54, 1.807) is 0 Å². The van der Waals surface area contributed by atoms with E-state index < -0.39 is 11.4 Å². The Morgan fingerprint density at radius 3 is 2.24 bits per heavy atom. The number of carboxylic acids is 1. The van der Waals surface area contributed by atoms with Crippen LogP contribution in [0.15, 0.2) is 0 Å². The molecule has 0 saturated carbocycles. The molecule has 0 aromatic heterocycles. The van der Waals surface area contributed by atoms with Crippen molar-refractivity contribution in [2.45, 2.75) is 46.5 Å². The number of carbonyl (C=O) groups is 3. The van der Waals surface area contributed by atoms with Gasteiger partial charge in [-0.15, -0.1) is 0 Å². The molecule has 1 aliphatic heterocycles. The van der Waals surface area contributed by atoms with Gasteiger partial charge < -0.3 is 15.3 Å². The van der Waals surface area contributed by atoms with Gasteiger partial charge in [0.05, 0.1) is 6.42 Å². The summed E-state index contributed by atoms with van der Waals surface area (Å²) >= 11 is 0. The van der Waals surface area contributed by atoms with Gasteiger partial charge in [0.15, 0.2) is 0 Å². The second-order valence-electron chi connectivity index (χ2n) is 6.67. The van der Waals surface area contributed by atoms with E-state index in [0.29, 0.717) is 25.6 Å². The highest BCUT2D eigenvalue weighted by atomic mass is 16.4. The highest BCUT2D eigenvalue weighted by Crippen LogP contribution is 2.27. The molecule has 0 aromatic carbocycles. The summed E-state index contributed by atoms with van der Waals surface area (Å²) in [5.41, 5.74) is -0.518. The lowest BCUT2D eigenvalue weighted by atomic mass is 9.84. The lowest BCUT2D eigenvalue weighted by molar-refractivity contribution is -0.141. The van der Waals surface area contributed by atoms with Crippen molar-refractivity contribution in [3.8, 4) is 0 Å². The van der Waals surface area contributed by atoms with Crippen molar-refractivity contribution >= 4 is 17.8 Å². The second-order valence-corrected chi connectivity index (χ2v) is 6.67. The number of amides is 2. The topological polar surface area (TPSA) is 86.7 Å². The number of carboxylic acid groups (broad SMARTS) is 1. The molecule has 1 rings (SSSR count). The third-order valence-electron chi connectivity index (χ3n) is 3.87. The lowest BCUT2D eigenvalue weighted by Gasteiger charge is -2.34. The van der Waals surface area contributed by atoms with Crippen molar-refractivity contribution in [1.82, 2.24) is 10.2 Å². The average Bonchev–Trinajstić information content (AvgIpc) is 2.34. The number of piperidine rings is 1. The van der Waals surface area contributed by atoms with Crippen molar-refractivity contribution in [2.75, 3.05) is 19.6 Å². The van der Waals surface area contributed by atoms with Crippen LogP contribution in [-0.4, -0.2) is 47.4 Å². The third-order valence-corrected chi connectivity index (χ3v) is 3.87. The molecule has 0 aromatic rings. The van der Waals surface area contributed by atoms with Gasteiger partial charge in [-0.3, -0.25) is 14.4 Å². The Bertz CT molecular complexity index is 398. The maximum absolute atomic E-state index is 12.2. The van der Waals surface area contributed by atoms with Gasteiger partial charge in [-0.25, -0.2) is 0 Å². The van der Waals surface area contributed by atoms with Crippen molar-refractivity contribution in [1.29, 1.82) is 0 Å². The summed E-state index contributed by atoms with van der Waals surface area (Å²) in [6, 6.07) is 0. The first-order chi connectivity index (χ1) is 9.69. The summed E-state index contributed by atoms with van der Waals surface area (Å²) in [6.07, 6.45) is 2.02. The van der Waals surface area contributed by atoms with Crippen LogP contribution in [0, 0.1) is 11.3 Å². The molecule has 0 radical (unpaired) electrons. The summed E-state index contributed by atoms with van der Waals surface area (Å²) < 4.78 is 0. The number of nitrogens with zero attached hydrogens (tertiary/aromatic N) is 1. The number of carbonyl (C=O) groups excluding carboxylic acids is 2. The molecule has 120 valence electrons. The van der Waals surface area contributed by atoms with Crippen LogP contribution < -0.4 is 5.32 Å². The zero-order valence-corrected chi connectivity index (χ0v) is 13.1. The molecule has 6 heteroatoms. The largest absolute Gasteiger partial charge is 0.481 e. The van der Waals surface area contributed by atoms with Crippen LogP contribution in [0.5, 0.6) is 0 Å². The molecule has 0 aliphatic carbocycles. The van der Waals surface area contributed by atoms with Crippen LogP contribution in [0.4, 0.5) is 0 Å². The van der Waals surface area contributed by atoms with Gasteiger partial charge in [0.2, 0.25) is 11.8 Å². The van der Waals surface area contributed by atoms with E-state index in [9.17, 15) is 14.4 Å². The highest BCUT2D eigenvalue weighted by Gasteiger charge is 2.29. The standard InChI is InChI=1S/C15H26N2O4/c1-11(18)16-10-12-4-6-17(7-5-12)13(19)8-15(2,3)9-14(20)21/h12H,4-10H2,1-3H3,(H,16,18)(H,20,21). The van der Waals surface area contributed by atoms with Gasteiger partial charge in [0.1, 0.15) is 0 Å². The van der Waals surface area contributed by atoms with E-state index in [2.05, 4.69) is 5.32 Å². The fourth-order valence-electron chi connectivity index (χ4n) is 2.67. The molecule has 1 heterocycles. The number of hydrogen-bond donors (Lipinski definition) is 2. The molecule has 0 spiro atoms. The predicted molar refractivity (Wildman–Crippen MR) is 78.6 cm³/mol. The van der Waals surface area contributed by atoms with Gasteiger partial charge in [-0.05, 0) is 24.2 Å². The second kappa shape index (κ2) is 7.43. The van der Waals surface area contributed by atoms with E-state index in [1.165, 1.54) is 6.92 Å². The molecule has 1 aliphatic rings. The molecule has 1 fully saturated rings. The molecular formula is C15H26N2O4. The first-order valence-corrected chi connectivity index (χ1v) is 7.43. The van der Waals surface area contributed by atoms with E-state index in [0.717, 1.165) is 12.8 Å². The number of hydrogen-bond acceptors (Lipinski definition) is 3. The van der Waals surface area contributed by atoms with E-state index >= 15 is 0 Å². The normalized spacial score (nSPS) is 16.6. The molecule has 6 nitrogen and oxygen atoms in total. The Kier molecular flexibility index (Phi) is 6.18. The van der Waals surface area contributed by atoms with Gasteiger partial charge in [-0.1, -0.05) is 13.8 Å². The Labute approximate surface area is 125 Å². The third kappa shape index (κ3) is 6.60. The molecule has 1 saturated heterocycles. The monoisotopic (exact) mass is 298 g/mol. The van der Waals surface area contributed by atoms with Crippen LogP contribution >= 0.6 is 0 Å². The fraction of sp³-hybridized carbons (Fsp3) is 0.800. The molecule has 0 unspecified atom stereocenters. The Morgan fingerprint density at radius 2 is 1.76 bits per heavy atom. The van der Waals surface area contributed by atoms with Crippen LogP contribution in [-0.2, 0) is 14.4 Å². The van der Waals surface area contributed by atoms with E-state index in [-0.39, 0.29) is 24.7 Å².